The molecule has 0 bridgehead atoms. The quantitative estimate of drug-likeness (QED) is 0.133. The SMILES string of the molecule is COCCOCc1cc(C(CBr)C(=O)C(CBr)c2cc(COCCOC)cc(C(C)(C)C)c2)cc(C(C)(C)C)c1. The minimum atomic E-state index is -0.303. The first kappa shape index (κ1) is 35.1. The lowest BCUT2D eigenvalue weighted by atomic mass is 9.79. The van der Waals surface area contributed by atoms with E-state index in [4.69, 9.17) is 18.9 Å². The standard InChI is InChI=1S/C33H48Br2O5/c1-32(2,3)27-15-23(21-39-11-9-37-7)13-25(17-27)29(19-34)31(36)30(20-35)26-14-24(22-40-12-10-38-8)16-28(18-26)33(4,5)6/h13-18,29-30H,9-12,19-22H2,1-8H3. The van der Waals surface area contributed by atoms with E-state index in [1.54, 1.807) is 14.2 Å². The number of ether oxygens (including phenoxy) is 4. The van der Waals surface area contributed by atoms with Crippen molar-refractivity contribution < 1.29 is 23.7 Å². The second kappa shape index (κ2) is 16.5. The van der Waals surface area contributed by atoms with E-state index < -0.39 is 0 Å². The molecule has 0 aliphatic heterocycles. The van der Waals surface area contributed by atoms with Crippen molar-refractivity contribution in [3.63, 3.8) is 0 Å². The minimum Gasteiger partial charge on any atom is -0.382 e. The van der Waals surface area contributed by atoms with Gasteiger partial charge in [0, 0.05) is 24.9 Å². The van der Waals surface area contributed by atoms with Crippen molar-refractivity contribution in [2.24, 2.45) is 0 Å². The lowest BCUT2D eigenvalue weighted by Crippen LogP contribution is -2.25. The van der Waals surface area contributed by atoms with Gasteiger partial charge >= 0.3 is 0 Å². The number of hydrogen-bond donors (Lipinski definition) is 0. The van der Waals surface area contributed by atoms with E-state index in [0.29, 0.717) is 50.3 Å². The zero-order chi connectivity index (χ0) is 29.9. The molecule has 2 aromatic carbocycles. The molecule has 7 heteroatoms. The van der Waals surface area contributed by atoms with Crippen molar-refractivity contribution in [3.8, 4) is 0 Å². The maximum absolute atomic E-state index is 14.3. The van der Waals surface area contributed by atoms with Crippen molar-refractivity contribution in [1.29, 1.82) is 0 Å². The summed E-state index contributed by atoms with van der Waals surface area (Å²) >= 11 is 7.38. The van der Waals surface area contributed by atoms with Gasteiger partial charge < -0.3 is 18.9 Å². The van der Waals surface area contributed by atoms with Crippen LogP contribution in [-0.2, 0) is 47.8 Å². The van der Waals surface area contributed by atoms with Gasteiger partial charge in [-0.15, -0.1) is 0 Å². The van der Waals surface area contributed by atoms with E-state index in [1.807, 2.05) is 0 Å². The number of alkyl halides is 2. The first-order valence-electron chi connectivity index (χ1n) is 13.9. The maximum Gasteiger partial charge on any atom is 0.149 e. The van der Waals surface area contributed by atoms with Crippen LogP contribution < -0.4 is 0 Å². The third-order valence-electron chi connectivity index (χ3n) is 6.96. The van der Waals surface area contributed by atoms with Crippen molar-refractivity contribution in [2.45, 2.75) is 77.4 Å². The number of halogens is 2. The molecule has 224 valence electrons. The monoisotopic (exact) mass is 682 g/mol. The average Bonchev–Trinajstić information content (AvgIpc) is 2.89. The molecule has 0 radical (unpaired) electrons. The number of rotatable bonds is 16. The Bertz CT molecular complexity index is 988. The largest absolute Gasteiger partial charge is 0.382 e. The number of carbonyl (C=O) groups excluding carboxylic acids is 1. The van der Waals surface area contributed by atoms with E-state index in [9.17, 15) is 4.79 Å². The van der Waals surface area contributed by atoms with Crippen molar-refractivity contribution in [2.75, 3.05) is 51.3 Å². The summed E-state index contributed by atoms with van der Waals surface area (Å²) in [4.78, 5) is 14.3. The molecule has 0 saturated carbocycles. The van der Waals surface area contributed by atoms with E-state index in [1.165, 1.54) is 11.1 Å². The third-order valence-corrected chi connectivity index (χ3v) is 8.26. The van der Waals surface area contributed by atoms with Gasteiger partial charge in [0.15, 0.2) is 0 Å². The Kier molecular flexibility index (Phi) is 14.5. The van der Waals surface area contributed by atoms with Crippen LogP contribution in [0.1, 0.15) is 86.8 Å². The molecule has 0 N–H and O–H groups in total. The highest BCUT2D eigenvalue weighted by Gasteiger charge is 2.31. The van der Waals surface area contributed by atoms with Crippen LogP contribution in [0.3, 0.4) is 0 Å². The van der Waals surface area contributed by atoms with Crippen LogP contribution in [0.15, 0.2) is 36.4 Å². The van der Waals surface area contributed by atoms with Crippen LogP contribution in [-0.4, -0.2) is 57.1 Å². The Morgan fingerprint density at radius 2 is 1.02 bits per heavy atom. The van der Waals surface area contributed by atoms with Gasteiger partial charge in [-0.25, -0.2) is 0 Å². The molecule has 5 nitrogen and oxygen atoms in total. The Morgan fingerprint density at radius 1 is 0.650 bits per heavy atom. The predicted octanol–water partition coefficient (Wildman–Crippen LogP) is 7.83. The lowest BCUT2D eigenvalue weighted by Gasteiger charge is -2.27. The second-order valence-corrected chi connectivity index (χ2v) is 13.6. The zero-order valence-corrected chi connectivity index (χ0v) is 28.7. The minimum absolute atomic E-state index is 0.0647. The van der Waals surface area contributed by atoms with Gasteiger partial charge in [0.2, 0.25) is 0 Å². The van der Waals surface area contributed by atoms with Gasteiger partial charge in [-0.2, -0.15) is 0 Å². The van der Waals surface area contributed by atoms with Gasteiger partial charge in [0.05, 0.1) is 51.5 Å². The molecule has 0 amide bonds. The molecule has 0 aromatic heterocycles. The molecule has 0 spiro atoms. The van der Waals surface area contributed by atoms with Crippen molar-refractivity contribution in [3.05, 3.63) is 69.8 Å². The normalized spacial score (nSPS) is 13.8. The highest BCUT2D eigenvalue weighted by molar-refractivity contribution is 9.09. The van der Waals surface area contributed by atoms with Crippen LogP contribution in [0, 0.1) is 0 Å². The molecule has 0 heterocycles. The summed E-state index contributed by atoms with van der Waals surface area (Å²) in [7, 11) is 3.34. The smallest absolute Gasteiger partial charge is 0.149 e. The summed E-state index contributed by atoms with van der Waals surface area (Å²) in [5.74, 6) is -0.423. The summed E-state index contributed by atoms with van der Waals surface area (Å²) in [5, 5.41) is 1.08. The van der Waals surface area contributed by atoms with E-state index in [2.05, 4.69) is 110 Å². The molecular weight excluding hydrogens is 636 g/mol. The van der Waals surface area contributed by atoms with Crippen LogP contribution >= 0.6 is 31.9 Å². The maximum atomic E-state index is 14.3. The fraction of sp³-hybridized carbons (Fsp3) is 0.606. The predicted molar refractivity (Wildman–Crippen MR) is 171 cm³/mol. The van der Waals surface area contributed by atoms with Gasteiger partial charge in [0.1, 0.15) is 5.78 Å². The molecule has 2 unspecified atom stereocenters. The second-order valence-electron chi connectivity index (χ2n) is 12.3. The molecule has 2 rings (SSSR count). The Labute approximate surface area is 259 Å². The Balaban J connectivity index is 2.48. The number of methoxy groups -OCH3 is 2. The van der Waals surface area contributed by atoms with Crippen LogP contribution in [0.2, 0.25) is 0 Å². The Hall–Kier alpha value is -1.09. The molecule has 2 aromatic rings. The summed E-state index contributed by atoms with van der Waals surface area (Å²) < 4.78 is 22.0. The fourth-order valence-corrected chi connectivity index (χ4v) is 5.82. The molecule has 40 heavy (non-hydrogen) atoms. The van der Waals surface area contributed by atoms with Crippen LogP contribution in [0.5, 0.6) is 0 Å². The van der Waals surface area contributed by atoms with E-state index in [0.717, 1.165) is 22.3 Å². The van der Waals surface area contributed by atoms with Crippen LogP contribution in [0.25, 0.3) is 0 Å². The molecule has 0 fully saturated rings. The first-order chi connectivity index (χ1) is 18.8. The molecule has 0 aliphatic rings. The average molecular weight is 685 g/mol. The third kappa shape index (κ3) is 10.6. The topological polar surface area (TPSA) is 54.0 Å². The molecule has 2 atom stereocenters. The van der Waals surface area contributed by atoms with Gasteiger partial charge in [-0.05, 0) is 44.2 Å². The highest BCUT2D eigenvalue weighted by Crippen LogP contribution is 2.35. The van der Waals surface area contributed by atoms with Gasteiger partial charge in [-0.1, -0.05) is 110 Å². The number of carbonyl (C=O) groups is 1. The summed E-state index contributed by atoms with van der Waals surface area (Å²) in [6.45, 7) is 16.3. The highest BCUT2D eigenvalue weighted by atomic mass is 79.9. The van der Waals surface area contributed by atoms with E-state index >= 15 is 0 Å². The zero-order valence-electron chi connectivity index (χ0n) is 25.6. The molecule has 0 aliphatic carbocycles. The van der Waals surface area contributed by atoms with E-state index in [-0.39, 0.29) is 28.4 Å². The fourth-order valence-electron chi connectivity index (χ4n) is 4.44. The molecular formula is C33H48Br2O5. The van der Waals surface area contributed by atoms with Crippen molar-refractivity contribution in [1.82, 2.24) is 0 Å². The van der Waals surface area contributed by atoms with Gasteiger partial charge in [-0.3, -0.25) is 4.79 Å². The Morgan fingerprint density at radius 3 is 1.32 bits per heavy atom. The summed E-state index contributed by atoms with van der Waals surface area (Å²) in [6, 6.07) is 13.0. The first-order valence-corrected chi connectivity index (χ1v) is 16.2. The lowest BCUT2D eigenvalue weighted by molar-refractivity contribution is -0.121. The molecule has 0 saturated heterocycles. The number of ketones is 1. The summed E-state index contributed by atoms with van der Waals surface area (Å²) in [5.41, 5.74) is 6.41. The van der Waals surface area contributed by atoms with Gasteiger partial charge in [0.25, 0.3) is 0 Å². The van der Waals surface area contributed by atoms with Crippen molar-refractivity contribution >= 4 is 37.6 Å². The number of hydrogen-bond acceptors (Lipinski definition) is 5. The number of benzene rings is 2. The number of Topliss-reactive ketones (excluding diaryl/α,β-unsaturated/α-hetero) is 1. The summed E-state index contributed by atoms with van der Waals surface area (Å²) in [6.07, 6.45) is 0. The van der Waals surface area contributed by atoms with Crippen LogP contribution in [0.4, 0.5) is 0 Å².